The van der Waals surface area contributed by atoms with Gasteiger partial charge in [-0.1, -0.05) is 6.07 Å². The fraction of sp³-hybridized carbons (Fsp3) is 0.682. The number of piperazine rings is 1. The molecule has 0 atom stereocenters. The summed E-state index contributed by atoms with van der Waals surface area (Å²) in [5.41, 5.74) is -2.44. The Balaban J connectivity index is 1.78. The molecule has 2 saturated heterocycles. The molecule has 0 aliphatic carbocycles. The second-order valence-corrected chi connectivity index (χ2v) is 10.3. The van der Waals surface area contributed by atoms with E-state index in [0.717, 1.165) is 6.07 Å². The zero-order valence-corrected chi connectivity index (χ0v) is 19.8. The van der Waals surface area contributed by atoms with Crippen LogP contribution < -0.4 is 10.4 Å². The lowest BCUT2D eigenvalue weighted by Crippen LogP contribution is -2.50. The minimum Gasteiger partial charge on any atom is -0.444 e. The molecule has 32 heavy (non-hydrogen) atoms. The molecule has 0 saturated carbocycles. The molecule has 1 amide bonds. The van der Waals surface area contributed by atoms with Crippen molar-refractivity contribution in [3.8, 4) is 0 Å². The first-order valence-corrected chi connectivity index (χ1v) is 10.8. The standard InChI is InChI=1S/C22H32BF3N2O4/c1-19(2,3)30-18(29)28-12-10-27(11-13-28)15-8-9-17(16(14-15)22(24,25)26)23-31-20(4,5)21(6,7)32-23/h8-9,14H,10-13H2,1-7H3. The predicted octanol–water partition coefficient (Wildman–Crippen LogP) is 4.06. The van der Waals surface area contributed by atoms with Crippen LogP contribution in [-0.2, 0) is 20.2 Å². The maximum atomic E-state index is 14.0. The number of ether oxygens (including phenoxy) is 1. The molecule has 0 N–H and O–H groups in total. The Morgan fingerprint density at radius 2 is 1.53 bits per heavy atom. The van der Waals surface area contributed by atoms with E-state index in [9.17, 15) is 18.0 Å². The van der Waals surface area contributed by atoms with Crippen molar-refractivity contribution in [2.45, 2.75) is 71.4 Å². The van der Waals surface area contributed by atoms with Gasteiger partial charge in [0.2, 0.25) is 0 Å². The van der Waals surface area contributed by atoms with Crippen molar-refractivity contribution in [2.75, 3.05) is 31.1 Å². The molecule has 2 aliphatic heterocycles. The van der Waals surface area contributed by atoms with E-state index in [1.54, 1.807) is 59.4 Å². The highest BCUT2D eigenvalue weighted by Gasteiger charge is 2.53. The third kappa shape index (κ3) is 5.17. The Morgan fingerprint density at radius 1 is 1.00 bits per heavy atom. The summed E-state index contributed by atoms with van der Waals surface area (Å²) < 4.78 is 59.0. The van der Waals surface area contributed by atoms with Crippen molar-refractivity contribution >= 4 is 24.4 Å². The Kier molecular flexibility index (Phi) is 6.28. The molecule has 3 rings (SSSR count). The molecule has 6 nitrogen and oxygen atoms in total. The number of carbonyl (C=O) groups is 1. The maximum Gasteiger partial charge on any atom is 0.495 e. The van der Waals surface area contributed by atoms with Gasteiger partial charge in [-0.3, -0.25) is 0 Å². The molecule has 2 aliphatic rings. The van der Waals surface area contributed by atoms with Gasteiger partial charge in [0.1, 0.15) is 5.60 Å². The summed E-state index contributed by atoms with van der Waals surface area (Å²) in [5.74, 6) is 0. The van der Waals surface area contributed by atoms with E-state index in [4.69, 9.17) is 14.0 Å². The fourth-order valence-corrected chi connectivity index (χ4v) is 3.64. The summed E-state index contributed by atoms with van der Waals surface area (Å²) in [4.78, 5) is 15.7. The SMILES string of the molecule is CC(C)(C)OC(=O)N1CCN(c2ccc(B3OC(C)(C)C(C)(C)O3)c(C(F)(F)F)c2)CC1. The smallest absolute Gasteiger partial charge is 0.444 e. The zero-order valence-electron chi connectivity index (χ0n) is 19.8. The third-order valence-corrected chi connectivity index (χ3v) is 6.15. The van der Waals surface area contributed by atoms with Gasteiger partial charge in [-0.15, -0.1) is 0 Å². The van der Waals surface area contributed by atoms with Crippen LogP contribution in [0.2, 0.25) is 0 Å². The molecule has 178 valence electrons. The fourth-order valence-electron chi connectivity index (χ4n) is 3.64. The zero-order chi connectivity index (χ0) is 24.1. The number of halogens is 3. The number of rotatable bonds is 2. The first kappa shape index (κ1) is 24.7. The molecule has 0 unspecified atom stereocenters. The van der Waals surface area contributed by atoms with E-state index in [1.165, 1.54) is 6.07 Å². The van der Waals surface area contributed by atoms with E-state index < -0.39 is 41.8 Å². The highest BCUT2D eigenvalue weighted by Crippen LogP contribution is 2.39. The highest BCUT2D eigenvalue weighted by atomic mass is 19.4. The van der Waals surface area contributed by atoms with Crippen LogP contribution in [0, 0.1) is 0 Å². The van der Waals surface area contributed by atoms with Gasteiger partial charge in [0.05, 0.1) is 16.8 Å². The van der Waals surface area contributed by atoms with Crippen LogP contribution in [0.1, 0.15) is 54.0 Å². The van der Waals surface area contributed by atoms with E-state index in [0.29, 0.717) is 31.9 Å². The molecule has 1 aromatic rings. The molecule has 10 heteroatoms. The van der Waals surface area contributed by atoms with Crippen LogP contribution in [0.25, 0.3) is 0 Å². The molecule has 0 spiro atoms. The van der Waals surface area contributed by atoms with Crippen molar-refractivity contribution in [1.29, 1.82) is 0 Å². The highest BCUT2D eigenvalue weighted by molar-refractivity contribution is 6.62. The van der Waals surface area contributed by atoms with Crippen LogP contribution in [0.15, 0.2) is 18.2 Å². The number of anilines is 1. The average Bonchev–Trinajstić information content (AvgIpc) is 2.86. The largest absolute Gasteiger partial charge is 0.495 e. The molecule has 0 radical (unpaired) electrons. The molecule has 2 heterocycles. The Morgan fingerprint density at radius 3 is 2.00 bits per heavy atom. The van der Waals surface area contributed by atoms with E-state index in [2.05, 4.69) is 0 Å². The minimum absolute atomic E-state index is 0.0349. The van der Waals surface area contributed by atoms with Crippen LogP contribution in [0.3, 0.4) is 0 Å². The average molecular weight is 456 g/mol. The normalized spacial score (nSPS) is 21.1. The summed E-state index contributed by atoms with van der Waals surface area (Å²) in [6, 6.07) is 4.23. The lowest BCUT2D eigenvalue weighted by molar-refractivity contribution is -0.136. The lowest BCUT2D eigenvalue weighted by atomic mass is 9.75. The van der Waals surface area contributed by atoms with Gasteiger partial charge in [0.25, 0.3) is 0 Å². The van der Waals surface area contributed by atoms with Crippen LogP contribution in [-0.4, -0.2) is 61.1 Å². The van der Waals surface area contributed by atoms with Crippen molar-refractivity contribution in [2.24, 2.45) is 0 Å². The van der Waals surface area contributed by atoms with Gasteiger partial charge >= 0.3 is 19.4 Å². The summed E-state index contributed by atoms with van der Waals surface area (Å²) in [6.07, 6.45) is -4.97. The number of nitrogens with zero attached hydrogens (tertiary/aromatic N) is 2. The Bertz CT molecular complexity index is 844. The van der Waals surface area contributed by atoms with Crippen molar-refractivity contribution < 1.29 is 32.0 Å². The van der Waals surface area contributed by atoms with Gasteiger partial charge in [-0.2, -0.15) is 13.2 Å². The lowest BCUT2D eigenvalue weighted by Gasteiger charge is -2.37. The molecule has 1 aromatic carbocycles. The predicted molar refractivity (Wildman–Crippen MR) is 117 cm³/mol. The summed E-state index contributed by atoms with van der Waals surface area (Å²) >= 11 is 0. The van der Waals surface area contributed by atoms with Crippen LogP contribution >= 0.6 is 0 Å². The quantitative estimate of drug-likeness (QED) is 0.629. The second-order valence-electron chi connectivity index (χ2n) is 10.3. The first-order chi connectivity index (χ1) is 14.5. The first-order valence-electron chi connectivity index (χ1n) is 10.8. The van der Waals surface area contributed by atoms with Gasteiger partial charge in [-0.25, -0.2) is 4.79 Å². The summed E-state index contributed by atoms with van der Waals surface area (Å²) in [6.45, 7) is 14.2. The second kappa shape index (κ2) is 8.13. The molecular weight excluding hydrogens is 424 g/mol. The van der Waals surface area contributed by atoms with Gasteiger partial charge in [0.15, 0.2) is 0 Å². The number of alkyl halides is 3. The number of benzene rings is 1. The number of carbonyl (C=O) groups excluding carboxylic acids is 1. The van der Waals surface area contributed by atoms with Crippen LogP contribution in [0.5, 0.6) is 0 Å². The third-order valence-electron chi connectivity index (χ3n) is 6.15. The summed E-state index contributed by atoms with van der Waals surface area (Å²) in [7, 11) is -1.10. The topological polar surface area (TPSA) is 51.2 Å². The van der Waals surface area contributed by atoms with Gasteiger partial charge in [0, 0.05) is 31.9 Å². The van der Waals surface area contributed by atoms with E-state index >= 15 is 0 Å². The van der Waals surface area contributed by atoms with Gasteiger partial charge in [-0.05, 0) is 66.1 Å². The van der Waals surface area contributed by atoms with E-state index in [-0.39, 0.29) is 5.46 Å². The molecule has 2 fully saturated rings. The number of amides is 1. The molecule has 0 bridgehead atoms. The van der Waals surface area contributed by atoms with Crippen molar-refractivity contribution in [3.63, 3.8) is 0 Å². The Labute approximate surface area is 188 Å². The van der Waals surface area contributed by atoms with Gasteiger partial charge < -0.3 is 23.8 Å². The monoisotopic (exact) mass is 456 g/mol. The Hall–Kier alpha value is -1.94. The number of hydrogen-bond donors (Lipinski definition) is 0. The van der Waals surface area contributed by atoms with Crippen molar-refractivity contribution in [1.82, 2.24) is 4.90 Å². The maximum absolute atomic E-state index is 14.0. The molecular formula is C22H32BF3N2O4. The van der Waals surface area contributed by atoms with Crippen LogP contribution in [0.4, 0.5) is 23.7 Å². The van der Waals surface area contributed by atoms with Crippen molar-refractivity contribution in [3.05, 3.63) is 23.8 Å². The summed E-state index contributed by atoms with van der Waals surface area (Å²) in [5, 5.41) is 0. The molecule has 0 aromatic heterocycles. The van der Waals surface area contributed by atoms with E-state index in [1.807, 2.05) is 4.90 Å². The minimum atomic E-state index is -4.56. The number of hydrogen-bond acceptors (Lipinski definition) is 5.